The monoisotopic (exact) mass is 464 g/mol. The number of aromatic nitrogens is 2. The lowest BCUT2D eigenvalue weighted by atomic mass is 10.1. The molecule has 2 heterocycles. The number of carbonyl (C=O) groups is 1. The van der Waals surface area contributed by atoms with Crippen molar-refractivity contribution in [1.29, 1.82) is 0 Å². The van der Waals surface area contributed by atoms with Crippen molar-refractivity contribution in [1.82, 2.24) is 10.2 Å². The van der Waals surface area contributed by atoms with E-state index in [4.69, 9.17) is 16.3 Å². The Kier molecular flexibility index (Phi) is 7.45. The number of aryl methyl sites for hydroxylation is 2. The first-order valence-corrected chi connectivity index (χ1v) is 11.8. The number of nitrogens with zero attached hydrogens (tertiary/aromatic N) is 3. The molecule has 0 spiro atoms. The molecule has 6 nitrogen and oxygen atoms in total. The molecule has 2 aromatic carbocycles. The summed E-state index contributed by atoms with van der Waals surface area (Å²) in [5.74, 6) is 1.31. The molecule has 7 heteroatoms. The number of anilines is 2. The summed E-state index contributed by atoms with van der Waals surface area (Å²) < 4.78 is 5.65. The van der Waals surface area contributed by atoms with Gasteiger partial charge < -0.3 is 15.0 Å². The van der Waals surface area contributed by atoms with Crippen molar-refractivity contribution in [2.45, 2.75) is 39.5 Å². The highest BCUT2D eigenvalue weighted by atomic mass is 35.5. The van der Waals surface area contributed by atoms with Gasteiger partial charge in [-0.3, -0.25) is 4.79 Å². The average Bonchev–Trinajstić information content (AvgIpc) is 3.11. The molecule has 0 radical (unpaired) electrons. The van der Waals surface area contributed by atoms with E-state index in [1.54, 1.807) is 0 Å². The number of ether oxygens (including phenoxy) is 1. The first-order valence-electron chi connectivity index (χ1n) is 11.4. The summed E-state index contributed by atoms with van der Waals surface area (Å²) in [6.07, 6.45) is 4.97. The topological polar surface area (TPSA) is 67.3 Å². The van der Waals surface area contributed by atoms with Gasteiger partial charge in [0, 0.05) is 29.4 Å². The summed E-state index contributed by atoms with van der Waals surface area (Å²) in [7, 11) is 0. The number of hydrogen-bond donors (Lipinski definition) is 1. The summed E-state index contributed by atoms with van der Waals surface area (Å²) in [5, 5.41) is 12.5. The molecule has 172 valence electrons. The maximum atomic E-state index is 12.4. The summed E-state index contributed by atoms with van der Waals surface area (Å²) >= 11 is 6.19. The van der Waals surface area contributed by atoms with Gasteiger partial charge in [0.15, 0.2) is 12.4 Å². The first-order chi connectivity index (χ1) is 16.0. The zero-order chi connectivity index (χ0) is 23.2. The Morgan fingerprint density at radius 3 is 2.39 bits per heavy atom. The van der Waals surface area contributed by atoms with Gasteiger partial charge in [-0.1, -0.05) is 36.6 Å². The Balaban J connectivity index is 1.38. The predicted molar refractivity (Wildman–Crippen MR) is 133 cm³/mol. The fourth-order valence-corrected chi connectivity index (χ4v) is 4.15. The normalized spacial score (nSPS) is 14.0. The second kappa shape index (κ2) is 10.7. The van der Waals surface area contributed by atoms with Crippen molar-refractivity contribution in [3.63, 3.8) is 0 Å². The van der Waals surface area contributed by atoms with Gasteiger partial charge in [-0.15, -0.1) is 10.2 Å². The number of nitrogens with one attached hydrogen (secondary N) is 1. The van der Waals surface area contributed by atoms with Gasteiger partial charge in [0.1, 0.15) is 5.75 Å². The lowest BCUT2D eigenvalue weighted by molar-refractivity contribution is -0.118. The quantitative estimate of drug-likeness (QED) is 0.498. The van der Waals surface area contributed by atoms with Crippen LogP contribution in [0.4, 0.5) is 11.5 Å². The number of benzene rings is 2. The summed E-state index contributed by atoms with van der Waals surface area (Å²) in [4.78, 5) is 14.7. The van der Waals surface area contributed by atoms with Gasteiger partial charge in [0.05, 0.1) is 5.69 Å². The third kappa shape index (κ3) is 6.02. The van der Waals surface area contributed by atoms with Crippen LogP contribution in [-0.2, 0) is 4.79 Å². The molecule has 0 bridgehead atoms. The van der Waals surface area contributed by atoms with Gasteiger partial charge in [0.2, 0.25) is 0 Å². The molecule has 3 aromatic rings. The average molecular weight is 465 g/mol. The molecule has 4 rings (SSSR count). The van der Waals surface area contributed by atoms with Gasteiger partial charge in [-0.25, -0.2) is 0 Å². The SMILES string of the molecule is Cc1cc(OCC(=O)Nc2cccc(-c3ccc(N4CCCCCC4)nn3)c2)cc(C)c1Cl. The number of halogens is 1. The van der Waals surface area contributed by atoms with Crippen LogP contribution < -0.4 is 15.0 Å². The van der Waals surface area contributed by atoms with Gasteiger partial charge in [-0.05, 0) is 74.2 Å². The zero-order valence-electron chi connectivity index (χ0n) is 19.1. The minimum atomic E-state index is -0.236. The molecular formula is C26H29ClN4O2. The minimum absolute atomic E-state index is 0.0882. The van der Waals surface area contributed by atoms with Crippen LogP contribution in [0.1, 0.15) is 36.8 Å². The van der Waals surface area contributed by atoms with E-state index in [1.807, 2.05) is 62.4 Å². The Hall–Kier alpha value is -3.12. The lowest BCUT2D eigenvalue weighted by Crippen LogP contribution is -2.25. The van der Waals surface area contributed by atoms with E-state index >= 15 is 0 Å². The second-order valence-electron chi connectivity index (χ2n) is 8.47. The Labute approximate surface area is 199 Å². The first kappa shape index (κ1) is 23.1. The molecule has 0 aliphatic carbocycles. The van der Waals surface area contributed by atoms with E-state index in [1.165, 1.54) is 25.7 Å². The van der Waals surface area contributed by atoms with Crippen LogP contribution in [0.3, 0.4) is 0 Å². The fourth-order valence-electron chi connectivity index (χ4n) is 4.04. The van der Waals surface area contributed by atoms with Crippen LogP contribution in [0.25, 0.3) is 11.3 Å². The number of rotatable bonds is 6. The summed E-state index contributed by atoms with van der Waals surface area (Å²) in [5.41, 5.74) is 4.19. The van der Waals surface area contributed by atoms with E-state index in [0.717, 1.165) is 41.3 Å². The molecule has 0 atom stereocenters. The molecule has 1 saturated heterocycles. The Morgan fingerprint density at radius 1 is 1.00 bits per heavy atom. The molecular weight excluding hydrogens is 436 g/mol. The van der Waals surface area contributed by atoms with Crippen LogP contribution in [0.2, 0.25) is 5.02 Å². The second-order valence-corrected chi connectivity index (χ2v) is 8.84. The van der Waals surface area contributed by atoms with Gasteiger partial charge in [0.25, 0.3) is 5.91 Å². The third-order valence-corrected chi connectivity index (χ3v) is 6.40. The molecule has 33 heavy (non-hydrogen) atoms. The highest BCUT2D eigenvalue weighted by Crippen LogP contribution is 2.26. The van der Waals surface area contributed by atoms with Crippen molar-refractivity contribution < 1.29 is 9.53 Å². The highest BCUT2D eigenvalue weighted by molar-refractivity contribution is 6.32. The van der Waals surface area contributed by atoms with Crippen molar-refractivity contribution in [2.75, 3.05) is 29.9 Å². The van der Waals surface area contributed by atoms with Crippen molar-refractivity contribution >= 4 is 29.0 Å². The lowest BCUT2D eigenvalue weighted by Gasteiger charge is -2.20. The van der Waals surface area contributed by atoms with E-state index in [2.05, 4.69) is 20.4 Å². The summed E-state index contributed by atoms with van der Waals surface area (Å²) in [6, 6.07) is 15.3. The van der Waals surface area contributed by atoms with Crippen molar-refractivity contribution in [3.05, 3.63) is 64.7 Å². The number of carbonyl (C=O) groups excluding carboxylic acids is 1. The van der Waals surface area contributed by atoms with Crippen LogP contribution in [0, 0.1) is 13.8 Å². The Bertz CT molecular complexity index is 1090. The van der Waals surface area contributed by atoms with Gasteiger partial charge in [-0.2, -0.15) is 0 Å². The van der Waals surface area contributed by atoms with Crippen LogP contribution in [0.5, 0.6) is 5.75 Å². The molecule has 1 N–H and O–H groups in total. The number of hydrogen-bond acceptors (Lipinski definition) is 5. The van der Waals surface area contributed by atoms with Crippen molar-refractivity contribution in [3.8, 4) is 17.0 Å². The molecule has 0 saturated carbocycles. The maximum absolute atomic E-state index is 12.4. The zero-order valence-corrected chi connectivity index (χ0v) is 19.9. The minimum Gasteiger partial charge on any atom is -0.484 e. The Morgan fingerprint density at radius 2 is 1.73 bits per heavy atom. The molecule has 1 aromatic heterocycles. The molecule has 1 aliphatic rings. The maximum Gasteiger partial charge on any atom is 0.262 e. The third-order valence-electron chi connectivity index (χ3n) is 5.80. The number of amides is 1. The molecule has 0 unspecified atom stereocenters. The summed E-state index contributed by atoms with van der Waals surface area (Å²) in [6.45, 7) is 5.81. The smallest absolute Gasteiger partial charge is 0.262 e. The van der Waals surface area contributed by atoms with E-state index in [0.29, 0.717) is 16.5 Å². The molecule has 1 amide bonds. The fraction of sp³-hybridized carbons (Fsp3) is 0.346. The predicted octanol–water partition coefficient (Wildman–Crippen LogP) is 5.81. The molecule has 1 aliphatic heterocycles. The largest absolute Gasteiger partial charge is 0.484 e. The van der Waals surface area contributed by atoms with Gasteiger partial charge >= 0.3 is 0 Å². The van der Waals surface area contributed by atoms with Crippen LogP contribution in [-0.4, -0.2) is 35.8 Å². The molecule has 1 fully saturated rings. The van der Waals surface area contributed by atoms with E-state index in [9.17, 15) is 4.79 Å². The van der Waals surface area contributed by atoms with E-state index in [-0.39, 0.29) is 12.5 Å². The highest BCUT2D eigenvalue weighted by Gasteiger charge is 2.12. The van der Waals surface area contributed by atoms with Crippen LogP contribution in [0.15, 0.2) is 48.5 Å². The standard InChI is InChI=1S/C26H29ClN4O2/c1-18-14-22(15-19(2)26(18)27)33-17-25(32)28-21-9-7-8-20(16-21)23-10-11-24(30-29-23)31-12-5-3-4-6-13-31/h7-11,14-16H,3-6,12-13,17H2,1-2H3,(H,28,32). The van der Waals surface area contributed by atoms with Crippen LogP contribution >= 0.6 is 11.6 Å². The van der Waals surface area contributed by atoms with E-state index < -0.39 is 0 Å². The van der Waals surface area contributed by atoms with Crippen molar-refractivity contribution in [2.24, 2.45) is 0 Å².